The first-order valence-electron chi connectivity index (χ1n) is 7.67. The van der Waals surface area contributed by atoms with Gasteiger partial charge in [-0.25, -0.2) is 0 Å². The van der Waals surface area contributed by atoms with Crippen LogP contribution in [0.4, 0.5) is 0 Å². The van der Waals surface area contributed by atoms with Gasteiger partial charge in [0.1, 0.15) is 5.54 Å². The summed E-state index contributed by atoms with van der Waals surface area (Å²) in [5.74, 6) is 0. The summed E-state index contributed by atoms with van der Waals surface area (Å²) in [7, 11) is 0. The van der Waals surface area contributed by atoms with Gasteiger partial charge in [0.15, 0.2) is 0 Å². The van der Waals surface area contributed by atoms with Gasteiger partial charge >= 0.3 is 0 Å². The van der Waals surface area contributed by atoms with E-state index in [1.807, 2.05) is 0 Å². The molecule has 4 heteroatoms. The largest absolute Gasteiger partial charge is 0.376 e. The molecule has 1 N–H and O–H groups in total. The lowest BCUT2D eigenvalue weighted by atomic mass is 9.98. The number of nitrogens with zero attached hydrogens (tertiary/aromatic N) is 2. The van der Waals surface area contributed by atoms with Gasteiger partial charge in [0, 0.05) is 18.6 Å². The van der Waals surface area contributed by atoms with Crippen molar-refractivity contribution in [1.82, 2.24) is 10.2 Å². The molecule has 108 valence electrons. The van der Waals surface area contributed by atoms with Gasteiger partial charge in [-0.3, -0.25) is 10.2 Å². The molecule has 0 spiro atoms. The Kier molecular flexibility index (Phi) is 4.83. The van der Waals surface area contributed by atoms with Gasteiger partial charge in [0.25, 0.3) is 0 Å². The maximum atomic E-state index is 9.48. The van der Waals surface area contributed by atoms with E-state index in [9.17, 15) is 5.26 Å². The summed E-state index contributed by atoms with van der Waals surface area (Å²) in [6.07, 6.45) is 4.51. The molecular weight excluding hydrogens is 238 g/mol. The van der Waals surface area contributed by atoms with E-state index in [1.165, 1.54) is 0 Å². The van der Waals surface area contributed by atoms with Crippen LogP contribution in [-0.2, 0) is 4.74 Å². The number of nitrogens with one attached hydrogen (secondary N) is 1. The van der Waals surface area contributed by atoms with Crippen molar-refractivity contribution in [2.45, 2.75) is 70.2 Å². The van der Waals surface area contributed by atoms with Gasteiger partial charge in [-0.05, 0) is 39.2 Å². The molecule has 19 heavy (non-hydrogen) atoms. The average Bonchev–Trinajstić information content (AvgIpc) is 2.84. The summed E-state index contributed by atoms with van der Waals surface area (Å²) in [5, 5.41) is 12.9. The van der Waals surface area contributed by atoms with E-state index in [2.05, 4.69) is 37.1 Å². The van der Waals surface area contributed by atoms with Crippen molar-refractivity contribution in [3.05, 3.63) is 0 Å². The molecule has 0 radical (unpaired) electrons. The highest BCUT2D eigenvalue weighted by atomic mass is 16.5. The Hall–Kier alpha value is -0.630. The SMILES string of the molecule is CCNC1(C#N)CCC(N2CC(C)OCC2CC)C1. The quantitative estimate of drug-likeness (QED) is 0.843. The Morgan fingerprint density at radius 2 is 2.26 bits per heavy atom. The lowest BCUT2D eigenvalue weighted by Crippen LogP contribution is -2.53. The summed E-state index contributed by atoms with van der Waals surface area (Å²) in [5.41, 5.74) is -0.292. The monoisotopic (exact) mass is 265 g/mol. The second-order valence-corrected chi connectivity index (χ2v) is 6.02. The van der Waals surface area contributed by atoms with E-state index in [1.54, 1.807) is 0 Å². The van der Waals surface area contributed by atoms with E-state index in [0.717, 1.165) is 45.4 Å². The van der Waals surface area contributed by atoms with Crippen LogP contribution < -0.4 is 5.32 Å². The van der Waals surface area contributed by atoms with Gasteiger partial charge in [0.2, 0.25) is 0 Å². The van der Waals surface area contributed by atoms with E-state index in [4.69, 9.17) is 4.74 Å². The van der Waals surface area contributed by atoms with Crippen LogP contribution >= 0.6 is 0 Å². The van der Waals surface area contributed by atoms with Crippen molar-refractivity contribution >= 4 is 0 Å². The number of morpholine rings is 1. The minimum Gasteiger partial charge on any atom is -0.376 e. The Bertz CT molecular complexity index is 341. The summed E-state index contributed by atoms with van der Waals surface area (Å²) >= 11 is 0. The normalized spacial score (nSPS) is 40.2. The molecule has 4 unspecified atom stereocenters. The van der Waals surface area contributed by atoms with Crippen LogP contribution in [0.3, 0.4) is 0 Å². The Labute approximate surface area is 117 Å². The molecule has 1 heterocycles. The Balaban J connectivity index is 2.04. The highest BCUT2D eigenvalue weighted by Gasteiger charge is 2.43. The van der Waals surface area contributed by atoms with E-state index < -0.39 is 0 Å². The van der Waals surface area contributed by atoms with Gasteiger partial charge in [-0.15, -0.1) is 0 Å². The summed E-state index contributed by atoms with van der Waals surface area (Å²) in [6.45, 7) is 9.18. The number of rotatable bonds is 4. The van der Waals surface area contributed by atoms with Gasteiger partial charge < -0.3 is 4.74 Å². The van der Waals surface area contributed by atoms with E-state index in [-0.39, 0.29) is 5.54 Å². The summed E-state index contributed by atoms with van der Waals surface area (Å²) in [6, 6.07) is 3.58. The number of nitriles is 1. The topological polar surface area (TPSA) is 48.3 Å². The van der Waals surface area contributed by atoms with Crippen LogP contribution in [-0.4, -0.2) is 48.3 Å². The fourth-order valence-corrected chi connectivity index (χ4v) is 3.61. The zero-order valence-corrected chi connectivity index (χ0v) is 12.5. The first kappa shape index (κ1) is 14.8. The molecule has 1 aliphatic heterocycles. The van der Waals surface area contributed by atoms with Crippen LogP contribution in [0, 0.1) is 11.3 Å². The number of ether oxygens (including phenoxy) is 1. The third-order valence-corrected chi connectivity index (χ3v) is 4.67. The zero-order valence-electron chi connectivity index (χ0n) is 12.5. The molecule has 0 aromatic heterocycles. The lowest BCUT2D eigenvalue weighted by molar-refractivity contribution is -0.0720. The summed E-state index contributed by atoms with van der Waals surface area (Å²) < 4.78 is 5.77. The predicted octanol–water partition coefficient (Wildman–Crippen LogP) is 1.91. The molecule has 2 fully saturated rings. The predicted molar refractivity (Wildman–Crippen MR) is 75.9 cm³/mol. The fourth-order valence-electron chi connectivity index (χ4n) is 3.61. The van der Waals surface area contributed by atoms with E-state index >= 15 is 0 Å². The van der Waals surface area contributed by atoms with Crippen LogP contribution in [0.25, 0.3) is 0 Å². The third-order valence-electron chi connectivity index (χ3n) is 4.67. The molecule has 0 aromatic rings. The Morgan fingerprint density at radius 1 is 1.47 bits per heavy atom. The van der Waals surface area contributed by atoms with Gasteiger partial charge in [0.05, 0.1) is 18.8 Å². The third kappa shape index (κ3) is 3.10. The van der Waals surface area contributed by atoms with Crippen molar-refractivity contribution in [2.75, 3.05) is 19.7 Å². The maximum Gasteiger partial charge on any atom is 0.108 e. The van der Waals surface area contributed by atoms with Crippen LogP contribution in [0.15, 0.2) is 0 Å². The zero-order chi connectivity index (χ0) is 13.9. The Morgan fingerprint density at radius 3 is 2.89 bits per heavy atom. The molecule has 4 atom stereocenters. The van der Waals surface area contributed by atoms with Crippen molar-refractivity contribution in [1.29, 1.82) is 5.26 Å². The number of hydrogen-bond donors (Lipinski definition) is 1. The molecule has 2 aliphatic rings. The van der Waals surface area contributed by atoms with Gasteiger partial charge in [-0.1, -0.05) is 13.8 Å². The van der Waals surface area contributed by atoms with Gasteiger partial charge in [-0.2, -0.15) is 5.26 Å². The second-order valence-electron chi connectivity index (χ2n) is 6.02. The first-order valence-corrected chi connectivity index (χ1v) is 7.67. The molecule has 0 amide bonds. The van der Waals surface area contributed by atoms with E-state index in [0.29, 0.717) is 18.2 Å². The molecule has 1 saturated heterocycles. The summed E-state index contributed by atoms with van der Waals surface area (Å²) in [4.78, 5) is 2.60. The second kappa shape index (κ2) is 6.21. The molecule has 1 aliphatic carbocycles. The standard InChI is InChI=1S/C15H27N3O/c1-4-13-10-19-12(3)9-18(13)14-6-7-15(8-14,11-16)17-5-2/h12-14,17H,4-10H2,1-3H3. The molecule has 0 bridgehead atoms. The van der Waals surface area contributed by atoms with Crippen LogP contribution in [0.1, 0.15) is 46.5 Å². The average molecular weight is 265 g/mol. The van der Waals surface area contributed by atoms with Crippen LogP contribution in [0.2, 0.25) is 0 Å². The molecule has 1 saturated carbocycles. The first-order chi connectivity index (χ1) is 9.14. The number of hydrogen-bond acceptors (Lipinski definition) is 4. The fraction of sp³-hybridized carbons (Fsp3) is 0.933. The van der Waals surface area contributed by atoms with Crippen molar-refractivity contribution in [2.24, 2.45) is 0 Å². The van der Waals surface area contributed by atoms with Crippen LogP contribution in [0.5, 0.6) is 0 Å². The van der Waals surface area contributed by atoms with Crippen molar-refractivity contribution in [3.8, 4) is 6.07 Å². The molecule has 0 aromatic carbocycles. The lowest BCUT2D eigenvalue weighted by Gasteiger charge is -2.42. The molecule has 4 nitrogen and oxygen atoms in total. The highest BCUT2D eigenvalue weighted by Crippen LogP contribution is 2.35. The minimum absolute atomic E-state index is 0.292. The molecular formula is C15H27N3O. The smallest absolute Gasteiger partial charge is 0.108 e. The molecule has 2 rings (SSSR count). The maximum absolute atomic E-state index is 9.48. The van der Waals surface area contributed by atoms with Crippen molar-refractivity contribution < 1.29 is 4.74 Å². The highest BCUT2D eigenvalue weighted by molar-refractivity contribution is 5.13. The van der Waals surface area contributed by atoms with Crippen molar-refractivity contribution in [3.63, 3.8) is 0 Å². The minimum atomic E-state index is -0.292.